The summed E-state index contributed by atoms with van der Waals surface area (Å²) in [5.74, 6) is 0.539. The standard InChI is InChI=1S/C15H21NO3/c1-4-12(15(17)18-3)10-11-16-13-8-6-7-9-14(13)19-5-2/h6-10,16H,4-5,11H2,1-3H3/b12-10-. The first-order valence-corrected chi connectivity index (χ1v) is 6.45. The van der Waals surface area contributed by atoms with Gasteiger partial charge in [0, 0.05) is 12.1 Å². The average molecular weight is 263 g/mol. The smallest absolute Gasteiger partial charge is 0.333 e. The summed E-state index contributed by atoms with van der Waals surface area (Å²) in [6, 6.07) is 7.73. The normalized spacial score (nSPS) is 11.0. The second kappa shape index (κ2) is 8.19. The van der Waals surface area contributed by atoms with E-state index in [0.29, 0.717) is 25.1 Å². The maximum Gasteiger partial charge on any atom is 0.333 e. The van der Waals surface area contributed by atoms with Gasteiger partial charge in [0.1, 0.15) is 5.75 Å². The van der Waals surface area contributed by atoms with Crippen molar-refractivity contribution in [2.24, 2.45) is 0 Å². The van der Waals surface area contributed by atoms with E-state index in [0.717, 1.165) is 11.4 Å². The van der Waals surface area contributed by atoms with E-state index in [1.165, 1.54) is 7.11 Å². The Balaban J connectivity index is 2.66. The average Bonchev–Trinajstić information content (AvgIpc) is 2.45. The highest BCUT2D eigenvalue weighted by Crippen LogP contribution is 2.23. The topological polar surface area (TPSA) is 47.6 Å². The van der Waals surface area contributed by atoms with Gasteiger partial charge in [0.25, 0.3) is 0 Å². The molecule has 0 radical (unpaired) electrons. The molecule has 0 fully saturated rings. The highest BCUT2D eigenvalue weighted by Gasteiger charge is 2.06. The summed E-state index contributed by atoms with van der Waals surface area (Å²) < 4.78 is 10.2. The van der Waals surface area contributed by atoms with Crippen LogP contribution in [0.3, 0.4) is 0 Å². The Bertz CT molecular complexity index is 441. The highest BCUT2D eigenvalue weighted by atomic mass is 16.5. The van der Waals surface area contributed by atoms with Crippen molar-refractivity contribution in [1.82, 2.24) is 0 Å². The van der Waals surface area contributed by atoms with Crippen molar-refractivity contribution in [2.45, 2.75) is 20.3 Å². The molecular weight excluding hydrogens is 242 g/mol. The number of benzene rings is 1. The fraction of sp³-hybridized carbons (Fsp3) is 0.400. The third-order valence-corrected chi connectivity index (χ3v) is 2.66. The number of ether oxygens (including phenoxy) is 2. The third-order valence-electron chi connectivity index (χ3n) is 2.66. The molecule has 19 heavy (non-hydrogen) atoms. The van der Waals surface area contributed by atoms with Crippen molar-refractivity contribution in [2.75, 3.05) is 25.6 Å². The Hall–Kier alpha value is -1.97. The van der Waals surface area contributed by atoms with Gasteiger partial charge in [-0.3, -0.25) is 0 Å². The lowest BCUT2D eigenvalue weighted by Gasteiger charge is -2.11. The maximum atomic E-state index is 11.4. The molecule has 0 amide bonds. The van der Waals surface area contributed by atoms with Crippen molar-refractivity contribution >= 4 is 11.7 Å². The van der Waals surface area contributed by atoms with E-state index in [1.807, 2.05) is 44.2 Å². The molecule has 104 valence electrons. The minimum Gasteiger partial charge on any atom is -0.492 e. The van der Waals surface area contributed by atoms with Gasteiger partial charge in [-0.15, -0.1) is 0 Å². The molecule has 1 rings (SSSR count). The molecule has 0 aliphatic heterocycles. The SMILES string of the molecule is CCOc1ccccc1NC/C=C(/CC)C(=O)OC. The van der Waals surface area contributed by atoms with Crippen LogP contribution < -0.4 is 10.1 Å². The van der Waals surface area contributed by atoms with Crippen LogP contribution in [0.4, 0.5) is 5.69 Å². The second-order valence-electron chi connectivity index (χ2n) is 3.88. The number of para-hydroxylation sites is 2. The number of esters is 1. The summed E-state index contributed by atoms with van der Waals surface area (Å²) in [6.45, 7) is 5.05. The molecule has 0 aliphatic rings. The first kappa shape index (κ1) is 15.1. The summed E-state index contributed by atoms with van der Waals surface area (Å²) in [4.78, 5) is 11.4. The maximum absolute atomic E-state index is 11.4. The molecule has 0 unspecified atom stereocenters. The molecule has 1 aromatic carbocycles. The van der Waals surface area contributed by atoms with Gasteiger partial charge < -0.3 is 14.8 Å². The molecule has 0 atom stereocenters. The lowest BCUT2D eigenvalue weighted by atomic mass is 10.2. The summed E-state index contributed by atoms with van der Waals surface area (Å²) in [6.07, 6.45) is 2.50. The lowest BCUT2D eigenvalue weighted by Crippen LogP contribution is -2.08. The van der Waals surface area contributed by atoms with Crippen LogP contribution in [0.15, 0.2) is 35.9 Å². The van der Waals surface area contributed by atoms with E-state index in [1.54, 1.807) is 0 Å². The number of carbonyl (C=O) groups is 1. The Morgan fingerprint density at radius 1 is 1.32 bits per heavy atom. The Kier molecular flexibility index (Phi) is 6.50. The largest absolute Gasteiger partial charge is 0.492 e. The summed E-state index contributed by atoms with van der Waals surface area (Å²) >= 11 is 0. The molecule has 4 nitrogen and oxygen atoms in total. The molecule has 0 saturated carbocycles. The van der Waals surface area contributed by atoms with E-state index in [-0.39, 0.29) is 5.97 Å². The number of anilines is 1. The first-order chi connectivity index (χ1) is 9.22. The zero-order valence-corrected chi connectivity index (χ0v) is 11.7. The van der Waals surface area contributed by atoms with Crippen molar-refractivity contribution < 1.29 is 14.3 Å². The fourth-order valence-corrected chi connectivity index (χ4v) is 1.68. The Labute approximate surface area is 114 Å². The van der Waals surface area contributed by atoms with Crippen LogP contribution in [0.5, 0.6) is 5.75 Å². The minimum absolute atomic E-state index is 0.276. The summed E-state index contributed by atoms with van der Waals surface area (Å²) in [5, 5.41) is 3.23. The number of hydrogen-bond acceptors (Lipinski definition) is 4. The molecular formula is C15H21NO3. The van der Waals surface area contributed by atoms with Crippen molar-refractivity contribution in [3.05, 3.63) is 35.9 Å². The monoisotopic (exact) mass is 263 g/mol. The number of carbonyl (C=O) groups excluding carboxylic acids is 1. The van der Waals surface area contributed by atoms with Crippen LogP contribution in [0.2, 0.25) is 0 Å². The summed E-state index contributed by atoms with van der Waals surface area (Å²) in [7, 11) is 1.39. The minimum atomic E-state index is -0.276. The second-order valence-corrected chi connectivity index (χ2v) is 3.88. The molecule has 0 spiro atoms. The zero-order valence-electron chi connectivity index (χ0n) is 11.7. The third kappa shape index (κ3) is 4.66. The number of methoxy groups -OCH3 is 1. The van der Waals surface area contributed by atoms with Crippen LogP contribution in [0, 0.1) is 0 Å². The number of rotatable bonds is 7. The Morgan fingerprint density at radius 3 is 2.68 bits per heavy atom. The number of nitrogens with one attached hydrogen (secondary N) is 1. The number of hydrogen-bond donors (Lipinski definition) is 1. The van der Waals surface area contributed by atoms with E-state index >= 15 is 0 Å². The first-order valence-electron chi connectivity index (χ1n) is 6.45. The van der Waals surface area contributed by atoms with E-state index in [9.17, 15) is 4.79 Å². The molecule has 4 heteroatoms. The van der Waals surface area contributed by atoms with Crippen LogP contribution >= 0.6 is 0 Å². The van der Waals surface area contributed by atoms with Gasteiger partial charge in [-0.05, 0) is 25.5 Å². The van der Waals surface area contributed by atoms with Gasteiger partial charge >= 0.3 is 5.97 Å². The van der Waals surface area contributed by atoms with Gasteiger partial charge in [0.05, 0.1) is 19.4 Å². The van der Waals surface area contributed by atoms with Gasteiger partial charge in [0.2, 0.25) is 0 Å². The fourth-order valence-electron chi connectivity index (χ4n) is 1.68. The van der Waals surface area contributed by atoms with Gasteiger partial charge in [-0.25, -0.2) is 4.79 Å². The molecule has 0 saturated heterocycles. The van der Waals surface area contributed by atoms with Crippen LogP contribution in [0.25, 0.3) is 0 Å². The van der Waals surface area contributed by atoms with E-state index in [4.69, 9.17) is 9.47 Å². The van der Waals surface area contributed by atoms with Crippen molar-refractivity contribution in [3.8, 4) is 5.75 Å². The molecule has 1 N–H and O–H groups in total. The predicted octanol–water partition coefficient (Wildman–Crippen LogP) is 3.01. The predicted molar refractivity (Wildman–Crippen MR) is 76.5 cm³/mol. The summed E-state index contributed by atoms with van der Waals surface area (Å²) in [5.41, 5.74) is 1.59. The molecule has 0 aromatic heterocycles. The van der Waals surface area contributed by atoms with E-state index in [2.05, 4.69) is 5.32 Å². The Morgan fingerprint density at radius 2 is 2.05 bits per heavy atom. The molecule has 0 heterocycles. The van der Waals surface area contributed by atoms with Crippen LogP contribution in [-0.2, 0) is 9.53 Å². The quantitative estimate of drug-likeness (QED) is 0.607. The van der Waals surface area contributed by atoms with Gasteiger partial charge in [0.15, 0.2) is 0 Å². The van der Waals surface area contributed by atoms with Crippen LogP contribution in [-0.4, -0.2) is 26.2 Å². The molecule has 1 aromatic rings. The van der Waals surface area contributed by atoms with E-state index < -0.39 is 0 Å². The van der Waals surface area contributed by atoms with Gasteiger partial charge in [-0.2, -0.15) is 0 Å². The lowest BCUT2D eigenvalue weighted by molar-refractivity contribution is -0.136. The zero-order chi connectivity index (χ0) is 14.1. The van der Waals surface area contributed by atoms with Crippen molar-refractivity contribution in [3.63, 3.8) is 0 Å². The van der Waals surface area contributed by atoms with Gasteiger partial charge in [-0.1, -0.05) is 25.1 Å². The molecule has 0 aliphatic carbocycles. The van der Waals surface area contributed by atoms with Crippen LogP contribution in [0.1, 0.15) is 20.3 Å². The van der Waals surface area contributed by atoms with Crippen molar-refractivity contribution in [1.29, 1.82) is 0 Å². The molecule has 0 bridgehead atoms. The highest BCUT2D eigenvalue weighted by molar-refractivity contribution is 5.88.